The van der Waals surface area contributed by atoms with Crippen molar-refractivity contribution in [3.8, 4) is 0 Å². The largest absolute Gasteiger partial charge is 0.348 e. The summed E-state index contributed by atoms with van der Waals surface area (Å²) in [6.45, 7) is 4.68. The number of hydrogen-bond donors (Lipinski definition) is 1. The van der Waals surface area contributed by atoms with Crippen molar-refractivity contribution >= 4 is 12.0 Å². The number of rotatable bonds is 7. The van der Waals surface area contributed by atoms with Crippen LogP contribution >= 0.6 is 0 Å². The van der Waals surface area contributed by atoms with Crippen LogP contribution in [0.3, 0.4) is 0 Å². The molecule has 2 aromatic rings. The van der Waals surface area contributed by atoms with Gasteiger partial charge in [0.2, 0.25) is 5.91 Å². The SMILES string of the molecule is O=C(C=Cc1ccccc1)N1CCN(CCCCc2cnc[nH]2)CC1. The van der Waals surface area contributed by atoms with Crippen molar-refractivity contribution in [2.75, 3.05) is 32.7 Å². The summed E-state index contributed by atoms with van der Waals surface area (Å²) < 4.78 is 0. The Bertz CT molecular complexity index is 658. The summed E-state index contributed by atoms with van der Waals surface area (Å²) in [6.07, 6.45) is 10.6. The number of benzene rings is 1. The molecule has 25 heavy (non-hydrogen) atoms. The molecule has 0 unspecified atom stereocenters. The molecule has 0 saturated carbocycles. The van der Waals surface area contributed by atoms with Gasteiger partial charge in [-0.3, -0.25) is 9.69 Å². The van der Waals surface area contributed by atoms with Gasteiger partial charge < -0.3 is 9.88 Å². The molecule has 5 nitrogen and oxygen atoms in total. The Morgan fingerprint density at radius 2 is 1.92 bits per heavy atom. The summed E-state index contributed by atoms with van der Waals surface area (Å²) in [5.74, 6) is 0.114. The Morgan fingerprint density at radius 3 is 2.64 bits per heavy atom. The summed E-state index contributed by atoms with van der Waals surface area (Å²) in [5.41, 5.74) is 2.27. The number of nitrogens with zero attached hydrogens (tertiary/aromatic N) is 3. The molecule has 1 saturated heterocycles. The number of unbranched alkanes of at least 4 members (excludes halogenated alkanes) is 1. The number of aromatic nitrogens is 2. The minimum Gasteiger partial charge on any atom is -0.348 e. The van der Waals surface area contributed by atoms with E-state index < -0.39 is 0 Å². The molecule has 0 radical (unpaired) electrons. The van der Waals surface area contributed by atoms with E-state index in [0.29, 0.717) is 0 Å². The second-order valence-corrected chi connectivity index (χ2v) is 6.44. The van der Waals surface area contributed by atoms with Gasteiger partial charge in [0, 0.05) is 44.1 Å². The van der Waals surface area contributed by atoms with Crippen LogP contribution < -0.4 is 0 Å². The third-order valence-corrected chi connectivity index (χ3v) is 4.63. The highest BCUT2D eigenvalue weighted by molar-refractivity contribution is 5.91. The molecule has 3 rings (SSSR count). The minimum atomic E-state index is 0.114. The van der Waals surface area contributed by atoms with E-state index in [1.807, 2.05) is 47.5 Å². The number of imidazole rings is 1. The fourth-order valence-corrected chi connectivity index (χ4v) is 3.10. The van der Waals surface area contributed by atoms with Gasteiger partial charge in [0.25, 0.3) is 0 Å². The smallest absolute Gasteiger partial charge is 0.246 e. The molecule has 0 spiro atoms. The molecule has 132 valence electrons. The van der Waals surface area contributed by atoms with Gasteiger partial charge in [0.15, 0.2) is 0 Å². The summed E-state index contributed by atoms with van der Waals surface area (Å²) >= 11 is 0. The molecule has 1 amide bonds. The van der Waals surface area contributed by atoms with Gasteiger partial charge in [-0.2, -0.15) is 0 Å². The van der Waals surface area contributed by atoms with Gasteiger partial charge in [0.05, 0.1) is 6.33 Å². The Morgan fingerprint density at radius 1 is 1.12 bits per heavy atom. The maximum Gasteiger partial charge on any atom is 0.246 e. The maximum absolute atomic E-state index is 12.3. The van der Waals surface area contributed by atoms with Crippen molar-refractivity contribution in [1.29, 1.82) is 0 Å². The Kier molecular flexibility index (Phi) is 6.40. The number of amides is 1. The van der Waals surface area contributed by atoms with Gasteiger partial charge >= 0.3 is 0 Å². The van der Waals surface area contributed by atoms with E-state index in [0.717, 1.165) is 44.7 Å². The normalized spacial score (nSPS) is 15.8. The van der Waals surface area contributed by atoms with E-state index in [4.69, 9.17) is 0 Å². The molecule has 1 fully saturated rings. The van der Waals surface area contributed by atoms with E-state index in [1.54, 1.807) is 12.4 Å². The monoisotopic (exact) mass is 338 g/mol. The van der Waals surface area contributed by atoms with Crippen molar-refractivity contribution in [2.45, 2.75) is 19.3 Å². The van der Waals surface area contributed by atoms with E-state index >= 15 is 0 Å². The highest BCUT2D eigenvalue weighted by Crippen LogP contribution is 2.08. The first kappa shape index (κ1) is 17.4. The van der Waals surface area contributed by atoms with Crippen LogP contribution in [0.2, 0.25) is 0 Å². The quantitative estimate of drug-likeness (QED) is 0.624. The van der Waals surface area contributed by atoms with Gasteiger partial charge in [0.1, 0.15) is 0 Å². The zero-order valence-corrected chi connectivity index (χ0v) is 14.6. The second kappa shape index (κ2) is 9.18. The van der Waals surface area contributed by atoms with Crippen LogP contribution in [-0.4, -0.2) is 58.4 Å². The minimum absolute atomic E-state index is 0.114. The number of carbonyl (C=O) groups excluding carboxylic acids is 1. The van der Waals surface area contributed by atoms with Crippen LogP contribution in [0.15, 0.2) is 48.9 Å². The molecular formula is C20H26N4O. The lowest BCUT2D eigenvalue weighted by atomic mass is 10.2. The van der Waals surface area contributed by atoms with Crippen LogP contribution in [0.25, 0.3) is 6.08 Å². The lowest BCUT2D eigenvalue weighted by molar-refractivity contribution is -0.127. The average molecular weight is 338 g/mol. The lowest BCUT2D eigenvalue weighted by Gasteiger charge is -2.34. The second-order valence-electron chi connectivity index (χ2n) is 6.44. The van der Waals surface area contributed by atoms with Crippen LogP contribution in [0.4, 0.5) is 0 Å². The number of aryl methyl sites for hydroxylation is 1. The fourth-order valence-electron chi connectivity index (χ4n) is 3.10. The van der Waals surface area contributed by atoms with Crippen molar-refractivity contribution in [2.24, 2.45) is 0 Å². The number of hydrogen-bond acceptors (Lipinski definition) is 3. The maximum atomic E-state index is 12.3. The Labute approximate surface area is 149 Å². The molecule has 1 aliphatic heterocycles. The number of carbonyl (C=O) groups is 1. The third-order valence-electron chi connectivity index (χ3n) is 4.63. The summed E-state index contributed by atoms with van der Waals surface area (Å²) in [4.78, 5) is 23.9. The first-order valence-electron chi connectivity index (χ1n) is 9.03. The van der Waals surface area contributed by atoms with E-state index in [-0.39, 0.29) is 5.91 Å². The first-order chi connectivity index (χ1) is 12.3. The molecule has 2 heterocycles. The molecule has 1 aliphatic rings. The number of nitrogens with one attached hydrogen (secondary N) is 1. The summed E-state index contributed by atoms with van der Waals surface area (Å²) in [6, 6.07) is 9.95. The molecule has 0 atom stereocenters. The molecule has 0 bridgehead atoms. The zero-order chi connectivity index (χ0) is 17.3. The van der Waals surface area contributed by atoms with E-state index in [1.165, 1.54) is 18.5 Å². The van der Waals surface area contributed by atoms with Crippen LogP contribution in [0.5, 0.6) is 0 Å². The molecule has 1 N–H and O–H groups in total. The van der Waals surface area contributed by atoms with Crippen molar-refractivity contribution in [3.05, 3.63) is 60.2 Å². The standard InChI is InChI=1S/C20H26N4O/c25-20(10-9-18-6-2-1-3-7-18)24-14-12-23(13-15-24)11-5-4-8-19-16-21-17-22-19/h1-3,6-7,9-10,16-17H,4-5,8,11-15H2,(H,21,22). The molecule has 5 heteroatoms. The molecule has 1 aromatic carbocycles. The van der Waals surface area contributed by atoms with Crippen LogP contribution in [0, 0.1) is 0 Å². The van der Waals surface area contributed by atoms with E-state index in [2.05, 4.69) is 14.9 Å². The average Bonchev–Trinajstić information content (AvgIpc) is 3.18. The number of aromatic amines is 1. The highest BCUT2D eigenvalue weighted by Gasteiger charge is 2.18. The highest BCUT2D eigenvalue weighted by atomic mass is 16.2. The van der Waals surface area contributed by atoms with Crippen LogP contribution in [0.1, 0.15) is 24.1 Å². The fraction of sp³-hybridized carbons (Fsp3) is 0.400. The summed E-state index contributed by atoms with van der Waals surface area (Å²) in [7, 11) is 0. The summed E-state index contributed by atoms with van der Waals surface area (Å²) in [5, 5.41) is 0. The topological polar surface area (TPSA) is 52.2 Å². The predicted molar refractivity (Wildman–Crippen MR) is 100 cm³/mol. The van der Waals surface area contributed by atoms with Gasteiger partial charge in [-0.25, -0.2) is 4.98 Å². The van der Waals surface area contributed by atoms with Gasteiger partial charge in [-0.15, -0.1) is 0 Å². The van der Waals surface area contributed by atoms with Gasteiger partial charge in [-0.05, 0) is 37.4 Å². The Hall–Kier alpha value is -2.40. The van der Waals surface area contributed by atoms with Crippen molar-refractivity contribution < 1.29 is 4.79 Å². The first-order valence-corrected chi connectivity index (χ1v) is 9.03. The van der Waals surface area contributed by atoms with Gasteiger partial charge in [-0.1, -0.05) is 30.3 Å². The van der Waals surface area contributed by atoms with Crippen molar-refractivity contribution in [3.63, 3.8) is 0 Å². The molecule has 1 aromatic heterocycles. The number of H-pyrrole nitrogens is 1. The lowest BCUT2D eigenvalue weighted by Crippen LogP contribution is -2.48. The third kappa shape index (κ3) is 5.57. The zero-order valence-electron chi connectivity index (χ0n) is 14.6. The van der Waals surface area contributed by atoms with Crippen molar-refractivity contribution in [1.82, 2.24) is 19.8 Å². The predicted octanol–water partition coefficient (Wildman–Crippen LogP) is 2.59. The van der Waals surface area contributed by atoms with E-state index in [9.17, 15) is 4.79 Å². The molecular weight excluding hydrogens is 312 g/mol. The Balaban J connectivity index is 1.34. The molecule has 0 aliphatic carbocycles. The number of piperazine rings is 1. The van der Waals surface area contributed by atoms with Crippen LogP contribution in [-0.2, 0) is 11.2 Å².